The van der Waals surface area contributed by atoms with E-state index in [0.29, 0.717) is 24.6 Å². The molecule has 0 bridgehead atoms. The van der Waals surface area contributed by atoms with E-state index < -0.39 is 11.7 Å². The molecule has 5 rings (SSSR count). The lowest BCUT2D eigenvalue weighted by molar-refractivity contribution is -0.146. The predicted octanol–water partition coefficient (Wildman–Crippen LogP) is 3.77. The maximum Gasteiger partial charge on any atom is 0.320 e. The Morgan fingerprint density at radius 3 is 2.71 bits per heavy atom. The summed E-state index contributed by atoms with van der Waals surface area (Å²) in [6.45, 7) is 4.06. The van der Waals surface area contributed by atoms with E-state index in [2.05, 4.69) is 30.7 Å². The van der Waals surface area contributed by atoms with E-state index in [1.165, 1.54) is 12.1 Å². The van der Waals surface area contributed by atoms with Gasteiger partial charge in [0.05, 0.1) is 24.2 Å². The number of anilines is 4. The molecule has 1 amide bonds. The molecule has 2 fully saturated rings. The van der Waals surface area contributed by atoms with Crippen molar-refractivity contribution >= 4 is 35.1 Å². The van der Waals surface area contributed by atoms with Crippen molar-refractivity contribution in [3.63, 3.8) is 0 Å². The van der Waals surface area contributed by atoms with E-state index in [4.69, 9.17) is 9.15 Å². The van der Waals surface area contributed by atoms with Crippen LogP contribution in [0.2, 0.25) is 0 Å². The number of amides is 1. The summed E-state index contributed by atoms with van der Waals surface area (Å²) in [4.78, 5) is 30.7. The summed E-state index contributed by atoms with van der Waals surface area (Å²) >= 11 is 0. The maximum absolute atomic E-state index is 13.7. The minimum absolute atomic E-state index is 0.0964. The zero-order valence-electron chi connectivity index (χ0n) is 19.2. The van der Waals surface area contributed by atoms with Crippen molar-refractivity contribution < 1.29 is 23.1 Å². The molecule has 1 saturated carbocycles. The Morgan fingerprint density at radius 2 is 2.00 bits per heavy atom. The van der Waals surface area contributed by atoms with Gasteiger partial charge in [0.15, 0.2) is 0 Å². The summed E-state index contributed by atoms with van der Waals surface area (Å²) in [6.07, 6.45) is 4.14. The van der Waals surface area contributed by atoms with Gasteiger partial charge < -0.3 is 24.7 Å². The van der Waals surface area contributed by atoms with Crippen molar-refractivity contribution in [1.82, 2.24) is 15.2 Å². The van der Waals surface area contributed by atoms with Crippen molar-refractivity contribution in [3.8, 4) is 0 Å². The molecule has 1 spiro atoms. The van der Waals surface area contributed by atoms with Gasteiger partial charge in [-0.05, 0) is 49.9 Å². The van der Waals surface area contributed by atoms with Crippen LogP contribution in [-0.2, 0) is 9.53 Å². The predicted molar refractivity (Wildman–Crippen MR) is 125 cm³/mol. The van der Waals surface area contributed by atoms with Crippen molar-refractivity contribution in [2.24, 2.45) is 11.3 Å². The SMILES string of the molecule is CCOC(=O)CC1CC2(C1)CN(c1ccc(NC(=O)c3nnc(Nc4ccccc4F)o3)cn1)C2. The molecular weight excluding hydrogens is 455 g/mol. The smallest absolute Gasteiger partial charge is 0.320 e. The number of aromatic nitrogens is 3. The molecule has 35 heavy (non-hydrogen) atoms. The summed E-state index contributed by atoms with van der Waals surface area (Å²) in [5.41, 5.74) is 0.916. The van der Waals surface area contributed by atoms with E-state index >= 15 is 0 Å². The van der Waals surface area contributed by atoms with Crippen LogP contribution in [0.1, 0.15) is 36.9 Å². The lowest BCUT2D eigenvalue weighted by Crippen LogP contribution is -2.62. The van der Waals surface area contributed by atoms with Gasteiger partial charge in [0.25, 0.3) is 0 Å². The molecule has 1 aliphatic heterocycles. The number of carbonyl (C=O) groups is 2. The van der Waals surface area contributed by atoms with Crippen LogP contribution < -0.4 is 15.5 Å². The van der Waals surface area contributed by atoms with Crippen LogP contribution in [-0.4, -0.2) is 46.8 Å². The van der Waals surface area contributed by atoms with E-state index in [0.717, 1.165) is 31.7 Å². The molecule has 0 radical (unpaired) electrons. The van der Waals surface area contributed by atoms with Gasteiger partial charge in [0, 0.05) is 24.9 Å². The van der Waals surface area contributed by atoms with Crippen LogP contribution in [0.15, 0.2) is 47.0 Å². The molecule has 2 N–H and O–H groups in total. The van der Waals surface area contributed by atoms with Crippen LogP contribution in [0.5, 0.6) is 0 Å². The number of carbonyl (C=O) groups excluding carboxylic acids is 2. The molecule has 0 unspecified atom stereocenters. The van der Waals surface area contributed by atoms with E-state index in [-0.39, 0.29) is 29.0 Å². The molecule has 1 aliphatic carbocycles. The van der Waals surface area contributed by atoms with Crippen LogP contribution in [0.25, 0.3) is 0 Å². The average molecular weight is 481 g/mol. The summed E-state index contributed by atoms with van der Waals surface area (Å²) in [5, 5.41) is 12.7. The third-order valence-electron chi connectivity index (χ3n) is 6.32. The summed E-state index contributed by atoms with van der Waals surface area (Å²) in [5.74, 6) is -0.213. The van der Waals surface area contributed by atoms with E-state index in [1.807, 2.05) is 13.0 Å². The molecule has 2 aromatic heterocycles. The van der Waals surface area contributed by atoms with Gasteiger partial charge in [-0.15, -0.1) is 5.10 Å². The van der Waals surface area contributed by atoms with Crippen LogP contribution in [0.4, 0.5) is 27.6 Å². The topological polar surface area (TPSA) is 122 Å². The highest BCUT2D eigenvalue weighted by Crippen LogP contribution is 2.53. The molecular formula is C24H25FN6O4. The number of hydrogen-bond donors (Lipinski definition) is 2. The number of para-hydroxylation sites is 1. The third-order valence-corrected chi connectivity index (χ3v) is 6.32. The van der Waals surface area contributed by atoms with Gasteiger partial charge >= 0.3 is 23.8 Å². The zero-order valence-corrected chi connectivity index (χ0v) is 19.2. The Kier molecular flexibility index (Phi) is 6.06. The van der Waals surface area contributed by atoms with Crippen LogP contribution in [0, 0.1) is 17.2 Å². The standard InChI is InChI=1S/C24H25FN6O4/c1-2-34-20(32)9-15-10-24(11-15)13-31(14-24)19-8-7-16(12-26-19)27-21(33)22-29-30-23(35-22)28-18-6-4-3-5-17(18)25/h3-8,12,15H,2,9-11,13-14H2,1H3,(H,27,33)(H,28,30). The first-order chi connectivity index (χ1) is 16.9. The average Bonchev–Trinajstić information content (AvgIpc) is 3.26. The number of halogens is 1. The van der Waals surface area contributed by atoms with Gasteiger partial charge in [-0.2, -0.15) is 0 Å². The zero-order chi connectivity index (χ0) is 24.4. The second kappa shape index (κ2) is 9.32. The second-order valence-electron chi connectivity index (χ2n) is 9.02. The lowest BCUT2D eigenvalue weighted by atomic mass is 9.57. The highest BCUT2D eigenvalue weighted by molar-refractivity contribution is 6.00. The first kappa shape index (κ1) is 22.8. The Labute approximate surface area is 200 Å². The number of rotatable bonds is 8. The largest absolute Gasteiger partial charge is 0.466 e. The fourth-order valence-corrected chi connectivity index (χ4v) is 4.82. The minimum Gasteiger partial charge on any atom is -0.466 e. The van der Waals surface area contributed by atoms with Gasteiger partial charge in [0.1, 0.15) is 11.6 Å². The Morgan fingerprint density at radius 1 is 1.20 bits per heavy atom. The lowest BCUT2D eigenvalue weighted by Gasteiger charge is -2.59. The molecule has 3 heterocycles. The first-order valence-electron chi connectivity index (χ1n) is 11.5. The number of pyridine rings is 1. The number of benzene rings is 1. The number of hydrogen-bond acceptors (Lipinski definition) is 9. The number of esters is 1. The normalized spacial score (nSPS) is 16.3. The number of ether oxygens (including phenoxy) is 1. The summed E-state index contributed by atoms with van der Waals surface area (Å²) in [7, 11) is 0. The van der Waals surface area contributed by atoms with Gasteiger partial charge in [0.2, 0.25) is 0 Å². The van der Waals surface area contributed by atoms with Crippen molar-refractivity contribution in [2.45, 2.75) is 26.2 Å². The third kappa shape index (κ3) is 4.93. The molecule has 1 aromatic carbocycles. The quantitative estimate of drug-likeness (QED) is 0.464. The molecule has 1 saturated heterocycles. The molecule has 11 heteroatoms. The first-order valence-corrected chi connectivity index (χ1v) is 11.5. The second-order valence-corrected chi connectivity index (χ2v) is 9.02. The fourth-order valence-electron chi connectivity index (χ4n) is 4.82. The Hall–Kier alpha value is -4.02. The molecule has 182 valence electrons. The van der Waals surface area contributed by atoms with Crippen molar-refractivity contribution in [3.05, 3.63) is 54.3 Å². The molecule has 10 nitrogen and oxygen atoms in total. The van der Waals surface area contributed by atoms with Crippen molar-refractivity contribution in [1.29, 1.82) is 0 Å². The number of nitrogens with one attached hydrogen (secondary N) is 2. The molecule has 0 atom stereocenters. The summed E-state index contributed by atoms with van der Waals surface area (Å²) in [6, 6.07) is 9.52. The van der Waals surface area contributed by atoms with Crippen LogP contribution >= 0.6 is 0 Å². The maximum atomic E-state index is 13.7. The minimum atomic E-state index is -0.598. The van der Waals surface area contributed by atoms with E-state index in [9.17, 15) is 14.0 Å². The van der Waals surface area contributed by atoms with Crippen molar-refractivity contribution in [2.75, 3.05) is 35.2 Å². The van der Waals surface area contributed by atoms with Gasteiger partial charge in [-0.3, -0.25) is 9.59 Å². The molecule has 2 aliphatic rings. The Bertz CT molecular complexity index is 1220. The van der Waals surface area contributed by atoms with Gasteiger partial charge in [-0.1, -0.05) is 17.2 Å². The highest BCUT2D eigenvalue weighted by Gasteiger charge is 2.52. The fraction of sp³-hybridized carbons (Fsp3) is 0.375. The molecule has 3 aromatic rings. The monoisotopic (exact) mass is 480 g/mol. The summed E-state index contributed by atoms with van der Waals surface area (Å²) < 4.78 is 24.1. The highest BCUT2D eigenvalue weighted by atomic mass is 19.1. The van der Waals surface area contributed by atoms with Gasteiger partial charge in [-0.25, -0.2) is 9.37 Å². The number of nitrogens with zero attached hydrogens (tertiary/aromatic N) is 4. The van der Waals surface area contributed by atoms with E-state index in [1.54, 1.807) is 24.4 Å². The van der Waals surface area contributed by atoms with Crippen LogP contribution in [0.3, 0.4) is 0 Å². The Balaban J connectivity index is 1.10.